The minimum atomic E-state index is -3.59. The molecule has 2 N–H and O–H groups in total. The molecule has 11 heteroatoms. The number of nitrogens with zero attached hydrogens (tertiary/aromatic N) is 3. The van der Waals surface area contributed by atoms with Gasteiger partial charge in [0, 0.05) is 49.5 Å². The maximum atomic E-state index is 12.6. The number of morpholine rings is 1. The molecule has 1 aromatic carbocycles. The van der Waals surface area contributed by atoms with Gasteiger partial charge in [0.2, 0.25) is 21.9 Å². The van der Waals surface area contributed by atoms with Gasteiger partial charge in [-0.1, -0.05) is 0 Å². The van der Waals surface area contributed by atoms with Crippen molar-refractivity contribution in [3.8, 4) is 0 Å². The number of anilines is 2. The number of aromatic nitrogens is 2. The Morgan fingerprint density at radius 1 is 1.24 bits per heavy atom. The van der Waals surface area contributed by atoms with Crippen LogP contribution in [-0.2, 0) is 26.0 Å². The standard InChI is InChI=1S/C22H31N5O5S/c1-15(2)26(4)33(30,31)18-7-5-17(6-8-18)24-20(28)10-9-19-16(3)23-22(25-21(19)29)27-11-13-32-14-12-27/h5-8,15H,9-14H2,1-4H3,(H,24,28)(H,23,25,29). The van der Waals surface area contributed by atoms with Crippen LogP contribution in [0.25, 0.3) is 0 Å². The van der Waals surface area contributed by atoms with Crippen LogP contribution in [0, 0.1) is 6.92 Å². The van der Waals surface area contributed by atoms with Crippen molar-refractivity contribution in [3.63, 3.8) is 0 Å². The maximum Gasteiger partial charge on any atom is 0.255 e. The molecule has 0 atom stereocenters. The van der Waals surface area contributed by atoms with Crippen molar-refractivity contribution in [2.24, 2.45) is 0 Å². The van der Waals surface area contributed by atoms with E-state index in [1.54, 1.807) is 32.9 Å². The summed E-state index contributed by atoms with van der Waals surface area (Å²) >= 11 is 0. The molecular weight excluding hydrogens is 446 g/mol. The van der Waals surface area contributed by atoms with E-state index in [1.165, 1.54) is 23.5 Å². The van der Waals surface area contributed by atoms with E-state index in [-0.39, 0.29) is 35.2 Å². The summed E-state index contributed by atoms with van der Waals surface area (Å²) in [5.74, 6) is 0.244. The number of H-pyrrole nitrogens is 1. The molecule has 0 aliphatic carbocycles. The van der Waals surface area contributed by atoms with Crippen molar-refractivity contribution in [2.45, 2.75) is 44.6 Å². The van der Waals surface area contributed by atoms with Crippen LogP contribution in [0.4, 0.5) is 11.6 Å². The first-order chi connectivity index (χ1) is 15.6. The van der Waals surface area contributed by atoms with Crippen LogP contribution in [0.3, 0.4) is 0 Å². The molecule has 0 saturated carbocycles. The number of rotatable bonds is 8. The van der Waals surface area contributed by atoms with Crippen molar-refractivity contribution >= 4 is 27.6 Å². The van der Waals surface area contributed by atoms with Gasteiger partial charge in [0.1, 0.15) is 0 Å². The quantitative estimate of drug-likeness (QED) is 0.590. The third-order valence-corrected chi connectivity index (χ3v) is 7.71. The lowest BCUT2D eigenvalue weighted by Gasteiger charge is -2.27. The molecule has 1 saturated heterocycles. The molecule has 1 fully saturated rings. The lowest BCUT2D eigenvalue weighted by atomic mass is 10.1. The third-order valence-electron chi connectivity index (χ3n) is 5.66. The fourth-order valence-corrected chi connectivity index (χ4v) is 4.80. The van der Waals surface area contributed by atoms with Crippen LogP contribution < -0.4 is 15.8 Å². The number of amides is 1. The molecule has 33 heavy (non-hydrogen) atoms. The summed E-state index contributed by atoms with van der Waals surface area (Å²) < 4.78 is 31.7. The lowest BCUT2D eigenvalue weighted by molar-refractivity contribution is -0.116. The Morgan fingerprint density at radius 2 is 1.88 bits per heavy atom. The van der Waals surface area contributed by atoms with E-state index >= 15 is 0 Å². The van der Waals surface area contributed by atoms with Crippen LogP contribution >= 0.6 is 0 Å². The van der Waals surface area contributed by atoms with Crippen LogP contribution in [-0.4, -0.2) is 68.0 Å². The second-order valence-electron chi connectivity index (χ2n) is 8.24. The van der Waals surface area contributed by atoms with E-state index in [0.717, 1.165) is 0 Å². The Balaban J connectivity index is 1.61. The normalized spacial score (nSPS) is 14.7. The molecule has 2 heterocycles. The fourth-order valence-electron chi connectivity index (χ4n) is 3.43. The number of ether oxygens (including phenoxy) is 1. The van der Waals surface area contributed by atoms with Crippen LogP contribution in [0.1, 0.15) is 31.5 Å². The first kappa shape index (κ1) is 24.9. The van der Waals surface area contributed by atoms with Gasteiger partial charge in [0.05, 0.1) is 18.1 Å². The number of aryl methyl sites for hydroxylation is 1. The van der Waals surface area contributed by atoms with Gasteiger partial charge in [0.15, 0.2) is 0 Å². The molecule has 1 aromatic heterocycles. The Bertz CT molecular complexity index is 1140. The molecule has 3 rings (SSSR count). The summed E-state index contributed by atoms with van der Waals surface area (Å²) in [7, 11) is -2.06. The first-order valence-electron chi connectivity index (χ1n) is 10.9. The van der Waals surface area contributed by atoms with Crippen molar-refractivity contribution < 1.29 is 17.9 Å². The number of carbonyl (C=O) groups is 1. The Morgan fingerprint density at radius 3 is 2.45 bits per heavy atom. The Hall–Kier alpha value is -2.76. The van der Waals surface area contributed by atoms with Crippen molar-refractivity contribution in [1.82, 2.24) is 14.3 Å². The molecule has 0 radical (unpaired) electrons. The van der Waals surface area contributed by atoms with Gasteiger partial charge >= 0.3 is 0 Å². The smallest absolute Gasteiger partial charge is 0.255 e. The zero-order valence-electron chi connectivity index (χ0n) is 19.4. The van der Waals surface area contributed by atoms with E-state index in [2.05, 4.69) is 15.3 Å². The van der Waals surface area contributed by atoms with Crippen molar-refractivity contribution in [1.29, 1.82) is 0 Å². The van der Waals surface area contributed by atoms with Gasteiger partial charge in [0.25, 0.3) is 5.56 Å². The number of benzene rings is 1. The summed E-state index contributed by atoms with van der Waals surface area (Å²) in [6.45, 7) is 7.86. The number of aromatic amines is 1. The van der Waals surface area contributed by atoms with Gasteiger partial charge in [-0.05, 0) is 51.5 Å². The highest BCUT2D eigenvalue weighted by atomic mass is 32.2. The topological polar surface area (TPSA) is 125 Å². The molecule has 0 spiro atoms. The minimum Gasteiger partial charge on any atom is -0.378 e. The molecule has 2 aromatic rings. The van der Waals surface area contributed by atoms with Crippen LogP contribution in [0.15, 0.2) is 34.0 Å². The summed E-state index contributed by atoms with van der Waals surface area (Å²) in [6.07, 6.45) is 0.341. The van der Waals surface area contributed by atoms with E-state index in [1.807, 2.05) is 4.90 Å². The number of carbonyl (C=O) groups excluding carboxylic acids is 1. The van der Waals surface area contributed by atoms with E-state index in [4.69, 9.17) is 4.74 Å². The largest absolute Gasteiger partial charge is 0.378 e. The second-order valence-corrected chi connectivity index (χ2v) is 10.2. The van der Waals surface area contributed by atoms with Gasteiger partial charge in [-0.3, -0.25) is 14.6 Å². The number of hydrogen-bond donors (Lipinski definition) is 2. The summed E-state index contributed by atoms with van der Waals surface area (Å²) in [4.78, 5) is 34.4. The van der Waals surface area contributed by atoms with Crippen LogP contribution in [0.2, 0.25) is 0 Å². The molecule has 0 bridgehead atoms. The molecule has 10 nitrogen and oxygen atoms in total. The average Bonchev–Trinajstić information content (AvgIpc) is 2.78. The van der Waals surface area contributed by atoms with Gasteiger partial charge in [-0.15, -0.1) is 0 Å². The lowest BCUT2D eigenvalue weighted by Crippen LogP contribution is -2.38. The fraction of sp³-hybridized carbons (Fsp3) is 0.500. The van der Waals surface area contributed by atoms with Crippen molar-refractivity contribution in [2.75, 3.05) is 43.6 Å². The second kappa shape index (κ2) is 10.4. The third kappa shape index (κ3) is 5.98. The van der Waals surface area contributed by atoms with Crippen LogP contribution in [0.5, 0.6) is 0 Å². The predicted octanol–water partition coefficient (Wildman–Crippen LogP) is 1.52. The predicted molar refractivity (Wildman–Crippen MR) is 126 cm³/mol. The summed E-state index contributed by atoms with van der Waals surface area (Å²) in [5.41, 5.74) is 1.30. The molecule has 1 amide bonds. The molecule has 0 unspecified atom stereocenters. The van der Waals surface area contributed by atoms with Gasteiger partial charge < -0.3 is 15.0 Å². The molecule has 1 aliphatic heterocycles. The summed E-state index contributed by atoms with van der Waals surface area (Å²) in [6, 6.07) is 5.86. The van der Waals surface area contributed by atoms with E-state index in [9.17, 15) is 18.0 Å². The Kier molecular flexibility index (Phi) is 7.88. The van der Waals surface area contributed by atoms with Crippen molar-refractivity contribution in [3.05, 3.63) is 45.9 Å². The monoisotopic (exact) mass is 477 g/mol. The average molecular weight is 478 g/mol. The minimum absolute atomic E-state index is 0.0959. The number of hydrogen-bond acceptors (Lipinski definition) is 7. The zero-order valence-corrected chi connectivity index (χ0v) is 20.2. The first-order valence-corrected chi connectivity index (χ1v) is 12.3. The van der Waals surface area contributed by atoms with Gasteiger partial charge in [-0.25, -0.2) is 13.4 Å². The van der Waals surface area contributed by atoms with Gasteiger partial charge in [-0.2, -0.15) is 4.31 Å². The molecular formula is C22H31N5O5S. The summed E-state index contributed by atoms with van der Waals surface area (Å²) in [5, 5.41) is 2.74. The molecule has 1 aliphatic rings. The zero-order chi connectivity index (χ0) is 24.2. The number of nitrogens with one attached hydrogen (secondary N) is 2. The number of sulfonamides is 1. The van der Waals surface area contributed by atoms with E-state index < -0.39 is 10.0 Å². The SMILES string of the molecule is Cc1nc(N2CCOCC2)[nH]c(=O)c1CCC(=O)Nc1ccc(S(=O)(=O)N(C)C(C)C)cc1. The highest BCUT2D eigenvalue weighted by Crippen LogP contribution is 2.19. The molecule has 180 valence electrons. The highest BCUT2D eigenvalue weighted by Gasteiger charge is 2.23. The Labute approximate surface area is 194 Å². The highest BCUT2D eigenvalue weighted by molar-refractivity contribution is 7.89. The maximum absolute atomic E-state index is 12.6. The van der Waals surface area contributed by atoms with E-state index in [0.29, 0.717) is 49.2 Å².